The van der Waals surface area contributed by atoms with Gasteiger partial charge in [0, 0.05) is 24.7 Å². The number of ketones is 1. The molecular weight excluding hydrogens is 320 g/mol. The number of hydrogen-bond acceptors (Lipinski definition) is 4. The van der Waals surface area contributed by atoms with E-state index in [9.17, 15) is 19.8 Å². The van der Waals surface area contributed by atoms with Gasteiger partial charge in [0.1, 0.15) is 5.78 Å². The van der Waals surface area contributed by atoms with Gasteiger partial charge in [0.25, 0.3) is 0 Å². The lowest BCUT2D eigenvalue weighted by Gasteiger charge is -2.16. The van der Waals surface area contributed by atoms with Crippen molar-refractivity contribution in [1.29, 1.82) is 0 Å². The summed E-state index contributed by atoms with van der Waals surface area (Å²) in [5, 5.41) is 28.7. The predicted molar refractivity (Wildman–Crippen MR) is 97.1 cm³/mol. The van der Waals surface area contributed by atoms with Gasteiger partial charge in [-0.25, -0.2) is 0 Å². The Balaban J connectivity index is 2.48. The lowest BCUT2D eigenvalue weighted by molar-refractivity contribution is -0.137. The van der Waals surface area contributed by atoms with E-state index in [0.717, 1.165) is 19.3 Å². The van der Waals surface area contributed by atoms with Gasteiger partial charge in [0.15, 0.2) is 0 Å². The molecule has 0 radical (unpaired) electrons. The van der Waals surface area contributed by atoms with Gasteiger partial charge >= 0.3 is 5.97 Å². The molecule has 0 spiro atoms. The first kappa shape index (κ1) is 21.6. The molecule has 1 fully saturated rings. The third-order valence-electron chi connectivity index (χ3n) is 4.71. The van der Waals surface area contributed by atoms with Gasteiger partial charge < -0.3 is 15.3 Å². The summed E-state index contributed by atoms with van der Waals surface area (Å²) in [6.07, 6.45) is 12.1. The molecule has 1 aliphatic rings. The number of hydrogen-bond donors (Lipinski definition) is 3. The number of rotatable bonds is 12. The van der Waals surface area contributed by atoms with Gasteiger partial charge in [-0.15, -0.1) is 0 Å². The molecule has 1 saturated carbocycles. The van der Waals surface area contributed by atoms with Crippen LogP contribution in [0.4, 0.5) is 0 Å². The summed E-state index contributed by atoms with van der Waals surface area (Å²) < 4.78 is 0. The zero-order valence-corrected chi connectivity index (χ0v) is 15.1. The van der Waals surface area contributed by atoms with E-state index in [1.807, 2.05) is 12.2 Å². The van der Waals surface area contributed by atoms with E-state index in [-0.39, 0.29) is 30.5 Å². The lowest BCUT2D eigenvalue weighted by atomic mass is 9.90. The maximum absolute atomic E-state index is 12.1. The van der Waals surface area contributed by atoms with Crippen molar-refractivity contribution < 1.29 is 24.9 Å². The highest BCUT2D eigenvalue weighted by Crippen LogP contribution is 2.33. The Labute approximate surface area is 150 Å². The molecule has 1 aliphatic carbocycles. The van der Waals surface area contributed by atoms with Gasteiger partial charge in [-0.3, -0.25) is 9.59 Å². The molecule has 142 valence electrons. The van der Waals surface area contributed by atoms with Crippen molar-refractivity contribution >= 4 is 11.8 Å². The average Bonchev–Trinajstić information content (AvgIpc) is 2.82. The van der Waals surface area contributed by atoms with Crippen molar-refractivity contribution in [2.45, 2.75) is 76.9 Å². The Morgan fingerprint density at radius 3 is 2.72 bits per heavy atom. The van der Waals surface area contributed by atoms with Gasteiger partial charge in [-0.05, 0) is 25.7 Å². The number of aliphatic hydroxyl groups is 2. The van der Waals surface area contributed by atoms with Crippen molar-refractivity contribution in [3.63, 3.8) is 0 Å². The predicted octanol–water partition coefficient (Wildman–Crippen LogP) is 3.25. The van der Waals surface area contributed by atoms with Crippen molar-refractivity contribution in [2.75, 3.05) is 0 Å². The zero-order valence-electron chi connectivity index (χ0n) is 15.1. The first-order valence-corrected chi connectivity index (χ1v) is 9.39. The van der Waals surface area contributed by atoms with E-state index < -0.39 is 18.2 Å². The van der Waals surface area contributed by atoms with E-state index in [0.29, 0.717) is 25.7 Å². The standard InChI is InChI=1S/C20H32O5/c1-2-3-6-9-15(21)12-13-17-16(18(22)14-19(17)23)10-7-4-5-8-11-20(24)25/h4,7,12-13,15-17,19,21,23H,2-3,5-6,8-11,14H2,1H3,(H,24,25)/b7-4?,13-12+/t15-,16-,17+,19+/m0/s1. The number of carbonyl (C=O) groups excluding carboxylic acids is 1. The van der Waals surface area contributed by atoms with E-state index in [1.54, 1.807) is 12.2 Å². The molecule has 3 N–H and O–H groups in total. The van der Waals surface area contributed by atoms with E-state index >= 15 is 0 Å². The van der Waals surface area contributed by atoms with Crippen LogP contribution in [0.5, 0.6) is 0 Å². The van der Waals surface area contributed by atoms with Crippen LogP contribution < -0.4 is 0 Å². The molecule has 0 unspecified atom stereocenters. The molecule has 4 atom stereocenters. The maximum Gasteiger partial charge on any atom is 0.303 e. The van der Waals surface area contributed by atoms with Gasteiger partial charge in [0.05, 0.1) is 12.2 Å². The molecule has 0 aliphatic heterocycles. The number of carboxylic acids is 1. The molecular formula is C20H32O5. The first-order chi connectivity index (χ1) is 12.0. The highest BCUT2D eigenvalue weighted by atomic mass is 16.4. The molecule has 5 nitrogen and oxygen atoms in total. The largest absolute Gasteiger partial charge is 0.481 e. The highest BCUT2D eigenvalue weighted by molar-refractivity contribution is 5.84. The molecule has 25 heavy (non-hydrogen) atoms. The smallest absolute Gasteiger partial charge is 0.303 e. The van der Waals surface area contributed by atoms with Crippen LogP contribution in [-0.4, -0.2) is 39.3 Å². The molecule has 0 aromatic carbocycles. The monoisotopic (exact) mass is 352 g/mol. The van der Waals surface area contributed by atoms with E-state index in [4.69, 9.17) is 5.11 Å². The third-order valence-corrected chi connectivity index (χ3v) is 4.71. The van der Waals surface area contributed by atoms with Gasteiger partial charge in [-0.2, -0.15) is 0 Å². The Morgan fingerprint density at radius 2 is 2.04 bits per heavy atom. The number of Topliss-reactive ketones (excluding diaryl/α,β-unsaturated/α-hetero) is 1. The fourth-order valence-electron chi connectivity index (χ4n) is 3.22. The molecule has 0 aromatic rings. The van der Waals surface area contributed by atoms with Crippen LogP contribution in [0.2, 0.25) is 0 Å². The third kappa shape index (κ3) is 8.45. The molecule has 0 heterocycles. The fraction of sp³-hybridized carbons (Fsp3) is 0.700. The van der Waals surface area contributed by atoms with Crippen LogP contribution in [0.3, 0.4) is 0 Å². The minimum Gasteiger partial charge on any atom is -0.481 e. The number of unbranched alkanes of at least 4 members (excludes halogenated alkanes) is 3. The van der Waals surface area contributed by atoms with Crippen LogP contribution in [-0.2, 0) is 9.59 Å². The topological polar surface area (TPSA) is 94.8 Å². The summed E-state index contributed by atoms with van der Waals surface area (Å²) in [6, 6.07) is 0. The van der Waals surface area contributed by atoms with E-state index in [2.05, 4.69) is 6.92 Å². The van der Waals surface area contributed by atoms with Crippen LogP contribution >= 0.6 is 0 Å². The fourth-order valence-corrected chi connectivity index (χ4v) is 3.22. The van der Waals surface area contributed by atoms with Crippen molar-refractivity contribution in [1.82, 2.24) is 0 Å². The molecule has 5 heteroatoms. The maximum atomic E-state index is 12.1. The SMILES string of the molecule is CCCCC[C@H](O)/C=C/[C@H]1[C@H](O)CC(=O)[C@H]1CC=CCCCC(=O)O. The summed E-state index contributed by atoms with van der Waals surface area (Å²) >= 11 is 0. The number of aliphatic hydroxyl groups excluding tert-OH is 2. The second-order valence-electron chi connectivity index (χ2n) is 6.86. The van der Waals surface area contributed by atoms with Crippen LogP contribution in [0.1, 0.15) is 64.7 Å². The van der Waals surface area contributed by atoms with Crippen LogP contribution in [0.15, 0.2) is 24.3 Å². The highest BCUT2D eigenvalue weighted by Gasteiger charge is 2.39. The number of aliphatic carboxylic acids is 1. The summed E-state index contributed by atoms with van der Waals surface area (Å²) in [4.78, 5) is 22.5. The second kappa shape index (κ2) is 12.0. The number of carbonyl (C=O) groups is 2. The zero-order chi connectivity index (χ0) is 18.7. The average molecular weight is 352 g/mol. The van der Waals surface area contributed by atoms with Gasteiger partial charge in [0.2, 0.25) is 0 Å². The molecule has 0 bridgehead atoms. The minimum atomic E-state index is -0.801. The summed E-state index contributed by atoms with van der Waals surface area (Å²) in [5.74, 6) is -1.26. The summed E-state index contributed by atoms with van der Waals surface area (Å²) in [6.45, 7) is 2.11. The Morgan fingerprint density at radius 1 is 1.28 bits per heavy atom. The molecule has 0 amide bonds. The Bertz CT molecular complexity index is 469. The van der Waals surface area contributed by atoms with Crippen molar-refractivity contribution in [3.8, 4) is 0 Å². The van der Waals surface area contributed by atoms with Crippen LogP contribution in [0.25, 0.3) is 0 Å². The normalized spacial score (nSPS) is 25.2. The van der Waals surface area contributed by atoms with Crippen molar-refractivity contribution in [3.05, 3.63) is 24.3 Å². The minimum absolute atomic E-state index is 0.0535. The second-order valence-corrected chi connectivity index (χ2v) is 6.86. The van der Waals surface area contributed by atoms with Gasteiger partial charge in [-0.1, -0.05) is 50.5 Å². The van der Waals surface area contributed by atoms with E-state index in [1.165, 1.54) is 0 Å². The summed E-state index contributed by atoms with van der Waals surface area (Å²) in [5.41, 5.74) is 0. The molecule has 0 aromatic heterocycles. The quantitative estimate of drug-likeness (QED) is 0.370. The molecule has 1 rings (SSSR count). The first-order valence-electron chi connectivity index (χ1n) is 9.39. The Kier molecular flexibility index (Phi) is 10.3. The molecule has 0 saturated heterocycles. The van der Waals surface area contributed by atoms with Crippen molar-refractivity contribution in [2.24, 2.45) is 11.8 Å². The summed E-state index contributed by atoms with van der Waals surface area (Å²) in [7, 11) is 0. The van der Waals surface area contributed by atoms with Crippen LogP contribution in [0, 0.1) is 11.8 Å². The Hall–Kier alpha value is -1.46. The lowest BCUT2D eigenvalue weighted by Crippen LogP contribution is -2.18. The number of allylic oxidation sites excluding steroid dienone is 2. The number of carboxylic acid groups (broad SMARTS) is 1.